The maximum Gasteiger partial charge on any atom is 0.109 e. The van der Waals surface area contributed by atoms with Gasteiger partial charge in [-0.15, -0.1) is 4.91 Å². The largest absolute Gasteiger partial charge is 0.254 e. The predicted molar refractivity (Wildman–Crippen MR) is 53.5 cm³/mol. The third-order valence-corrected chi connectivity index (χ3v) is 3.13. The summed E-state index contributed by atoms with van der Waals surface area (Å²) in [6, 6.07) is 6.61. The number of benzene rings is 1. The zero-order valence-corrected chi connectivity index (χ0v) is 8.21. The number of nitroso groups, excluding NO2 is 1. The molecular weight excluding hydrogens is 186 g/mol. The molecule has 0 radical (unpaired) electrons. The topological polar surface area (TPSA) is 46.5 Å². The SMILES string of the molecule is CCCS(=O)c1cccc(N=O)c1. The lowest BCUT2D eigenvalue weighted by Gasteiger charge is -1.99. The van der Waals surface area contributed by atoms with Gasteiger partial charge in [0.15, 0.2) is 0 Å². The van der Waals surface area contributed by atoms with E-state index in [1.807, 2.05) is 6.92 Å². The number of hydrogen-bond acceptors (Lipinski definition) is 3. The van der Waals surface area contributed by atoms with Gasteiger partial charge in [-0.2, -0.15) is 0 Å². The Kier molecular flexibility index (Phi) is 3.76. The summed E-state index contributed by atoms with van der Waals surface area (Å²) >= 11 is 0. The van der Waals surface area contributed by atoms with E-state index in [4.69, 9.17) is 0 Å². The van der Waals surface area contributed by atoms with Crippen LogP contribution in [0.5, 0.6) is 0 Å². The first kappa shape index (κ1) is 10.1. The van der Waals surface area contributed by atoms with Gasteiger partial charge in [0.05, 0.1) is 10.8 Å². The summed E-state index contributed by atoms with van der Waals surface area (Å²) in [5.74, 6) is 0.627. The summed E-state index contributed by atoms with van der Waals surface area (Å²) < 4.78 is 11.5. The van der Waals surface area contributed by atoms with Crippen LogP contribution in [0.4, 0.5) is 5.69 Å². The molecule has 0 saturated carbocycles. The summed E-state index contributed by atoms with van der Waals surface area (Å²) in [4.78, 5) is 10.9. The zero-order valence-electron chi connectivity index (χ0n) is 7.40. The third-order valence-electron chi connectivity index (χ3n) is 1.58. The maximum absolute atomic E-state index is 11.5. The predicted octanol–water partition coefficient (Wildman–Crippen LogP) is 2.60. The summed E-state index contributed by atoms with van der Waals surface area (Å²) in [5, 5.41) is 2.79. The molecule has 0 aliphatic heterocycles. The van der Waals surface area contributed by atoms with Crippen molar-refractivity contribution in [2.24, 2.45) is 5.18 Å². The highest BCUT2D eigenvalue weighted by atomic mass is 32.2. The van der Waals surface area contributed by atoms with Gasteiger partial charge in [-0.3, -0.25) is 4.21 Å². The molecule has 0 heterocycles. The van der Waals surface area contributed by atoms with Gasteiger partial charge >= 0.3 is 0 Å². The van der Waals surface area contributed by atoms with E-state index in [1.165, 1.54) is 0 Å². The second-order valence-corrected chi connectivity index (χ2v) is 4.21. The van der Waals surface area contributed by atoms with Crippen LogP contribution in [0.3, 0.4) is 0 Å². The lowest BCUT2D eigenvalue weighted by molar-refractivity contribution is 0.682. The Morgan fingerprint density at radius 3 is 2.85 bits per heavy atom. The lowest BCUT2D eigenvalue weighted by atomic mass is 10.3. The first-order chi connectivity index (χ1) is 6.27. The minimum atomic E-state index is -0.994. The molecule has 4 heteroatoms. The fraction of sp³-hybridized carbons (Fsp3) is 0.333. The van der Waals surface area contributed by atoms with Crippen molar-refractivity contribution in [3.63, 3.8) is 0 Å². The Hall–Kier alpha value is -1.03. The molecule has 3 nitrogen and oxygen atoms in total. The quantitative estimate of drug-likeness (QED) is 0.696. The van der Waals surface area contributed by atoms with Crippen LogP contribution in [-0.4, -0.2) is 9.96 Å². The van der Waals surface area contributed by atoms with Crippen LogP contribution in [0.25, 0.3) is 0 Å². The average Bonchev–Trinajstić information content (AvgIpc) is 2.18. The first-order valence-corrected chi connectivity index (χ1v) is 5.41. The highest BCUT2D eigenvalue weighted by Crippen LogP contribution is 2.16. The van der Waals surface area contributed by atoms with E-state index < -0.39 is 10.8 Å². The molecule has 0 fully saturated rings. The van der Waals surface area contributed by atoms with E-state index in [2.05, 4.69) is 5.18 Å². The molecule has 0 spiro atoms. The number of nitrogens with zero attached hydrogens (tertiary/aromatic N) is 1. The van der Waals surface area contributed by atoms with E-state index >= 15 is 0 Å². The van der Waals surface area contributed by atoms with E-state index in [1.54, 1.807) is 24.3 Å². The van der Waals surface area contributed by atoms with Gasteiger partial charge in [0.25, 0.3) is 0 Å². The molecule has 1 atom stereocenters. The fourth-order valence-electron chi connectivity index (χ4n) is 0.985. The summed E-state index contributed by atoms with van der Waals surface area (Å²) in [7, 11) is -0.994. The Morgan fingerprint density at radius 1 is 1.46 bits per heavy atom. The lowest BCUT2D eigenvalue weighted by Crippen LogP contribution is -1.95. The molecule has 0 bridgehead atoms. The van der Waals surface area contributed by atoms with Crippen LogP contribution >= 0.6 is 0 Å². The van der Waals surface area contributed by atoms with Crippen LogP contribution in [0, 0.1) is 4.91 Å². The Morgan fingerprint density at radius 2 is 2.23 bits per heavy atom. The van der Waals surface area contributed by atoms with Gasteiger partial charge in [0.2, 0.25) is 0 Å². The van der Waals surface area contributed by atoms with Crippen molar-refractivity contribution in [3.8, 4) is 0 Å². The Labute approximate surface area is 79.6 Å². The van der Waals surface area contributed by atoms with E-state index in [9.17, 15) is 9.12 Å². The smallest absolute Gasteiger partial charge is 0.109 e. The van der Waals surface area contributed by atoms with Crippen molar-refractivity contribution in [1.29, 1.82) is 0 Å². The normalized spacial score (nSPS) is 12.4. The molecule has 0 aliphatic rings. The van der Waals surface area contributed by atoms with E-state index in [0.717, 1.165) is 6.42 Å². The van der Waals surface area contributed by atoms with Crippen molar-refractivity contribution in [3.05, 3.63) is 29.2 Å². The highest BCUT2D eigenvalue weighted by Gasteiger charge is 2.02. The molecule has 0 amide bonds. The molecule has 1 aromatic rings. The molecule has 13 heavy (non-hydrogen) atoms. The van der Waals surface area contributed by atoms with Crippen molar-refractivity contribution in [2.75, 3.05) is 5.75 Å². The van der Waals surface area contributed by atoms with E-state index in [0.29, 0.717) is 16.3 Å². The molecule has 1 rings (SSSR count). The van der Waals surface area contributed by atoms with Gasteiger partial charge in [0.1, 0.15) is 5.69 Å². The zero-order chi connectivity index (χ0) is 9.68. The number of hydrogen-bond donors (Lipinski definition) is 0. The van der Waals surface area contributed by atoms with Crippen molar-refractivity contribution in [2.45, 2.75) is 18.2 Å². The average molecular weight is 197 g/mol. The van der Waals surface area contributed by atoms with Gasteiger partial charge in [-0.25, -0.2) is 0 Å². The Bertz CT molecular complexity index is 325. The fourth-order valence-corrected chi connectivity index (χ4v) is 2.07. The summed E-state index contributed by atoms with van der Waals surface area (Å²) in [6.07, 6.45) is 0.866. The van der Waals surface area contributed by atoms with Crippen LogP contribution in [0.1, 0.15) is 13.3 Å². The van der Waals surface area contributed by atoms with Crippen molar-refractivity contribution in [1.82, 2.24) is 0 Å². The second kappa shape index (κ2) is 4.87. The summed E-state index contributed by atoms with van der Waals surface area (Å²) in [6.45, 7) is 1.97. The molecule has 0 aromatic heterocycles. The van der Waals surface area contributed by atoms with Crippen molar-refractivity contribution < 1.29 is 4.21 Å². The first-order valence-electron chi connectivity index (χ1n) is 4.09. The molecule has 1 unspecified atom stereocenters. The molecule has 70 valence electrons. The second-order valence-electron chi connectivity index (χ2n) is 2.64. The maximum atomic E-state index is 11.5. The molecule has 1 aromatic carbocycles. The van der Waals surface area contributed by atoms with Crippen LogP contribution < -0.4 is 0 Å². The minimum absolute atomic E-state index is 0.335. The molecule has 0 saturated heterocycles. The van der Waals surface area contributed by atoms with Crippen LogP contribution in [0.2, 0.25) is 0 Å². The highest BCUT2D eigenvalue weighted by molar-refractivity contribution is 7.85. The number of rotatable bonds is 4. The van der Waals surface area contributed by atoms with Crippen LogP contribution in [0.15, 0.2) is 34.3 Å². The monoisotopic (exact) mass is 197 g/mol. The third kappa shape index (κ3) is 2.73. The standard InChI is InChI=1S/C9H11NO2S/c1-2-6-13(12)9-5-3-4-8(7-9)10-11/h3-5,7H,2,6H2,1H3. The van der Waals surface area contributed by atoms with Gasteiger partial charge in [-0.05, 0) is 29.8 Å². The van der Waals surface area contributed by atoms with Crippen LogP contribution in [-0.2, 0) is 10.8 Å². The van der Waals surface area contributed by atoms with Gasteiger partial charge in [-0.1, -0.05) is 13.0 Å². The van der Waals surface area contributed by atoms with Gasteiger partial charge < -0.3 is 0 Å². The molecule has 0 N–H and O–H groups in total. The van der Waals surface area contributed by atoms with Crippen molar-refractivity contribution >= 4 is 16.5 Å². The summed E-state index contributed by atoms with van der Waals surface area (Å²) in [5.41, 5.74) is 0.335. The van der Waals surface area contributed by atoms with E-state index in [-0.39, 0.29) is 0 Å². The molecular formula is C9H11NO2S. The minimum Gasteiger partial charge on any atom is -0.254 e. The molecule has 0 aliphatic carbocycles. The van der Waals surface area contributed by atoms with Gasteiger partial charge in [0, 0.05) is 10.6 Å². The Balaban J connectivity index is 2.88.